The van der Waals surface area contributed by atoms with E-state index in [0.29, 0.717) is 18.1 Å². The van der Waals surface area contributed by atoms with Crippen molar-refractivity contribution < 1.29 is 9.53 Å². The summed E-state index contributed by atoms with van der Waals surface area (Å²) in [5.74, 6) is -0.0817. The van der Waals surface area contributed by atoms with Gasteiger partial charge in [-0.1, -0.05) is 13.8 Å². The maximum Gasteiger partial charge on any atom is 0.326 e. The number of methoxy groups -OCH3 is 1. The zero-order valence-electron chi connectivity index (χ0n) is 13.4. The molecule has 1 saturated carbocycles. The first-order chi connectivity index (χ1) is 9.57. The minimum Gasteiger partial charge on any atom is -0.468 e. The van der Waals surface area contributed by atoms with E-state index in [0.717, 1.165) is 25.8 Å². The normalized spacial score (nSPS) is 38.3. The highest BCUT2D eigenvalue weighted by molar-refractivity contribution is 5.81. The van der Waals surface area contributed by atoms with Gasteiger partial charge in [-0.15, -0.1) is 0 Å². The smallest absolute Gasteiger partial charge is 0.326 e. The lowest BCUT2D eigenvalue weighted by atomic mass is 9.96. The Labute approximate surface area is 123 Å². The molecule has 4 heteroatoms. The predicted molar refractivity (Wildman–Crippen MR) is 80.7 cm³/mol. The molecule has 1 aliphatic heterocycles. The second-order valence-electron chi connectivity index (χ2n) is 6.44. The summed E-state index contributed by atoms with van der Waals surface area (Å²) in [6.45, 7) is 7.49. The van der Waals surface area contributed by atoms with Gasteiger partial charge in [0.1, 0.15) is 5.54 Å². The van der Waals surface area contributed by atoms with Crippen molar-refractivity contribution in [1.29, 1.82) is 0 Å². The first kappa shape index (κ1) is 15.8. The molecular formula is C16H30N2O2. The van der Waals surface area contributed by atoms with Crippen LogP contribution in [0.4, 0.5) is 0 Å². The van der Waals surface area contributed by atoms with Gasteiger partial charge in [-0.05, 0) is 52.0 Å². The first-order valence-corrected chi connectivity index (χ1v) is 8.18. The third-order valence-electron chi connectivity index (χ3n) is 5.32. The van der Waals surface area contributed by atoms with Crippen LogP contribution in [0.2, 0.25) is 0 Å². The van der Waals surface area contributed by atoms with E-state index < -0.39 is 5.54 Å². The largest absolute Gasteiger partial charge is 0.468 e. The molecule has 0 aromatic rings. The van der Waals surface area contributed by atoms with Crippen LogP contribution in [0.5, 0.6) is 0 Å². The molecule has 0 bridgehead atoms. The van der Waals surface area contributed by atoms with E-state index in [9.17, 15) is 4.79 Å². The number of nitrogens with zero attached hydrogens (tertiary/aromatic N) is 1. The summed E-state index contributed by atoms with van der Waals surface area (Å²) in [6, 6.07) is 1.88. The number of likely N-dealkylation sites (tertiary alicyclic amines) is 1. The molecule has 4 unspecified atom stereocenters. The number of rotatable bonds is 5. The fraction of sp³-hybridized carbons (Fsp3) is 0.938. The van der Waals surface area contributed by atoms with Gasteiger partial charge in [0.25, 0.3) is 0 Å². The average Bonchev–Trinajstić information content (AvgIpc) is 3.02. The van der Waals surface area contributed by atoms with Crippen molar-refractivity contribution in [3.8, 4) is 0 Å². The van der Waals surface area contributed by atoms with Gasteiger partial charge in [-0.3, -0.25) is 9.69 Å². The Morgan fingerprint density at radius 3 is 2.70 bits per heavy atom. The van der Waals surface area contributed by atoms with Gasteiger partial charge in [-0.25, -0.2) is 0 Å². The quantitative estimate of drug-likeness (QED) is 0.786. The van der Waals surface area contributed by atoms with Crippen LogP contribution in [0.1, 0.15) is 59.3 Å². The number of likely N-dealkylation sites (N-methyl/N-ethyl adjacent to an activating group) is 1. The van der Waals surface area contributed by atoms with E-state index >= 15 is 0 Å². The molecule has 0 aromatic carbocycles. The maximum absolute atomic E-state index is 12.2. The number of carbonyl (C=O) groups is 1. The van der Waals surface area contributed by atoms with E-state index in [2.05, 4.69) is 31.0 Å². The zero-order chi connectivity index (χ0) is 14.8. The van der Waals surface area contributed by atoms with Gasteiger partial charge in [0.2, 0.25) is 0 Å². The first-order valence-electron chi connectivity index (χ1n) is 8.18. The highest BCUT2D eigenvalue weighted by atomic mass is 16.5. The van der Waals surface area contributed by atoms with E-state index in [-0.39, 0.29) is 5.97 Å². The van der Waals surface area contributed by atoms with Gasteiger partial charge in [0.15, 0.2) is 0 Å². The Bertz CT molecular complexity index is 347. The number of hydrogen-bond donors (Lipinski definition) is 1. The van der Waals surface area contributed by atoms with Crippen molar-refractivity contribution >= 4 is 5.97 Å². The Morgan fingerprint density at radius 2 is 2.10 bits per heavy atom. The van der Waals surface area contributed by atoms with Crippen molar-refractivity contribution in [3.63, 3.8) is 0 Å². The van der Waals surface area contributed by atoms with Crippen LogP contribution in [-0.2, 0) is 9.53 Å². The molecule has 4 nitrogen and oxygen atoms in total. The zero-order valence-corrected chi connectivity index (χ0v) is 13.4. The van der Waals surface area contributed by atoms with Crippen LogP contribution < -0.4 is 5.32 Å². The van der Waals surface area contributed by atoms with Crippen molar-refractivity contribution in [2.24, 2.45) is 0 Å². The molecular weight excluding hydrogens is 252 g/mol. The van der Waals surface area contributed by atoms with Crippen LogP contribution in [0, 0.1) is 0 Å². The van der Waals surface area contributed by atoms with Crippen molar-refractivity contribution in [2.75, 3.05) is 13.7 Å². The summed E-state index contributed by atoms with van der Waals surface area (Å²) in [7, 11) is 1.50. The summed E-state index contributed by atoms with van der Waals surface area (Å²) in [5, 5.41) is 3.41. The van der Waals surface area contributed by atoms with Crippen molar-refractivity contribution in [2.45, 2.75) is 83.0 Å². The molecule has 0 amide bonds. The summed E-state index contributed by atoms with van der Waals surface area (Å²) >= 11 is 0. The number of esters is 1. The van der Waals surface area contributed by atoms with Gasteiger partial charge < -0.3 is 10.1 Å². The standard InChI is InChI=1S/C16H30N2O2/c1-5-13-8-7-12(3)18(13)14-9-10-16(11-14,17-6-2)15(19)20-4/h12-14,17H,5-11H2,1-4H3. The van der Waals surface area contributed by atoms with E-state index in [1.54, 1.807) is 0 Å². The summed E-state index contributed by atoms with van der Waals surface area (Å²) in [5.41, 5.74) is -0.450. The Morgan fingerprint density at radius 1 is 1.35 bits per heavy atom. The Balaban J connectivity index is 2.11. The predicted octanol–water partition coefficient (Wildman–Crippen LogP) is 2.32. The Hall–Kier alpha value is -0.610. The molecule has 2 rings (SSSR count). The van der Waals surface area contributed by atoms with Crippen LogP contribution in [0.25, 0.3) is 0 Å². The molecule has 2 fully saturated rings. The molecule has 0 aromatic heterocycles. The van der Waals surface area contributed by atoms with Crippen LogP contribution >= 0.6 is 0 Å². The molecule has 2 aliphatic rings. The van der Waals surface area contributed by atoms with Gasteiger partial charge in [0.05, 0.1) is 7.11 Å². The van der Waals surface area contributed by atoms with Crippen LogP contribution in [0.15, 0.2) is 0 Å². The highest BCUT2D eigenvalue weighted by Gasteiger charge is 2.49. The molecule has 0 spiro atoms. The van der Waals surface area contributed by atoms with Gasteiger partial charge in [0, 0.05) is 18.1 Å². The van der Waals surface area contributed by atoms with Gasteiger partial charge >= 0.3 is 5.97 Å². The maximum atomic E-state index is 12.2. The number of nitrogens with one attached hydrogen (secondary N) is 1. The second-order valence-corrected chi connectivity index (χ2v) is 6.44. The third kappa shape index (κ3) is 2.73. The minimum absolute atomic E-state index is 0.0817. The molecule has 0 radical (unpaired) electrons. The molecule has 4 atom stereocenters. The number of carbonyl (C=O) groups excluding carboxylic acids is 1. The third-order valence-corrected chi connectivity index (χ3v) is 5.32. The summed E-state index contributed by atoms with van der Waals surface area (Å²) < 4.78 is 5.06. The fourth-order valence-corrected chi connectivity index (χ4v) is 4.39. The Kier molecular flexibility index (Phi) is 5.08. The SMILES string of the molecule is CCNC1(C(=O)OC)CCC(N2C(C)CCC2CC)C1. The number of hydrogen-bond acceptors (Lipinski definition) is 4. The average molecular weight is 282 g/mol. The fourth-order valence-electron chi connectivity index (χ4n) is 4.39. The monoisotopic (exact) mass is 282 g/mol. The van der Waals surface area contributed by atoms with Crippen LogP contribution in [-0.4, -0.2) is 48.2 Å². The van der Waals surface area contributed by atoms with E-state index in [1.165, 1.54) is 26.4 Å². The van der Waals surface area contributed by atoms with Crippen molar-refractivity contribution in [1.82, 2.24) is 10.2 Å². The number of ether oxygens (including phenoxy) is 1. The second kappa shape index (κ2) is 6.44. The summed E-state index contributed by atoms with van der Waals surface area (Å²) in [4.78, 5) is 14.9. The van der Waals surface area contributed by atoms with Gasteiger partial charge in [-0.2, -0.15) is 0 Å². The van der Waals surface area contributed by atoms with Crippen molar-refractivity contribution in [3.05, 3.63) is 0 Å². The lowest BCUT2D eigenvalue weighted by molar-refractivity contribution is -0.148. The minimum atomic E-state index is -0.450. The molecule has 1 saturated heterocycles. The molecule has 1 N–H and O–H groups in total. The topological polar surface area (TPSA) is 41.6 Å². The molecule has 1 heterocycles. The van der Waals surface area contributed by atoms with E-state index in [4.69, 9.17) is 4.74 Å². The molecule has 20 heavy (non-hydrogen) atoms. The molecule has 116 valence electrons. The van der Waals surface area contributed by atoms with Crippen LogP contribution in [0.3, 0.4) is 0 Å². The summed E-state index contributed by atoms with van der Waals surface area (Å²) in [6.07, 6.45) is 6.71. The van der Waals surface area contributed by atoms with E-state index in [1.807, 2.05) is 0 Å². The molecule has 1 aliphatic carbocycles. The lowest BCUT2D eigenvalue weighted by Crippen LogP contribution is -2.52. The lowest BCUT2D eigenvalue weighted by Gasteiger charge is -2.35. The highest BCUT2D eigenvalue weighted by Crippen LogP contribution is 2.39.